The number of ether oxygens (including phenoxy) is 1. The van der Waals surface area contributed by atoms with Gasteiger partial charge in [-0.15, -0.1) is 0 Å². The van der Waals surface area contributed by atoms with Gasteiger partial charge in [-0.1, -0.05) is 55.0 Å². The van der Waals surface area contributed by atoms with Crippen LogP contribution in [0.5, 0.6) is 0 Å². The van der Waals surface area contributed by atoms with Crippen molar-refractivity contribution in [3.8, 4) is 11.1 Å². The van der Waals surface area contributed by atoms with Gasteiger partial charge in [0.2, 0.25) is 0 Å². The van der Waals surface area contributed by atoms with Gasteiger partial charge >= 0.3 is 5.97 Å². The molecule has 0 bridgehead atoms. The van der Waals surface area contributed by atoms with Gasteiger partial charge in [-0.05, 0) is 42.0 Å². The van der Waals surface area contributed by atoms with Crippen LogP contribution >= 0.6 is 0 Å². The maximum atomic E-state index is 13.1. The van der Waals surface area contributed by atoms with Crippen molar-refractivity contribution in [3.63, 3.8) is 0 Å². The van der Waals surface area contributed by atoms with E-state index in [1.807, 2.05) is 24.3 Å². The average molecular weight is 334 g/mol. The number of esters is 1. The van der Waals surface area contributed by atoms with Crippen molar-refractivity contribution in [1.29, 1.82) is 0 Å². The van der Waals surface area contributed by atoms with Crippen LogP contribution in [0, 0.1) is 5.41 Å². The molecule has 0 radical (unpaired) electrons. The first-order valence-corrected chi connectivity index (χ1v) is 9.09. The van der Waals surface area contributed by atoms with Crippen molar-refractivity contribution >= 4 is 11.8 Å². The molecule has 0 amide bonds. The normalized spacial score (nSPS) is 22.4. The molecular formula is C22H22O3. The van der Waals surface area contributed by atoms with Crippen LogP contribution in [0.4, 0.5) is 0 Å². The number of ketones is 1. The molecular weight excluding hydrogens is 312 g/mol. The van der Waals surface area contributed by atoms with E-state index >= 15 is 0 Å². The molecule has 25 heavy (non-hydrogen) atoms. The SMILES string of the molecule is CCOC(=O)C1(C2c3ccccc3-c3ccccc32)CCCCC1=O. The Labute approximate surface area is 148 Å². The first kappa shape index (κ1) is 16.1. The molecule has 2 aliphatic carbocycles. The summed E-state index contributed by atoms with van der Waals surface area (Å²) in [6.07, 6.45) is 2.76. The molecule has 3 nitrogen and oxygen atoms in total. The number of hydrogen-bond acceptors (Lipinski definition) is 3. The fourth-order valence-corrected chi connectivity index (χ4v) is 4.64. The predicted molar refractivity (Wildman–Crippen MR) is 96.3 cm³/mol. The highest BCUT2D eigenvalue weighted by atomic mass is 16.5. The fourth-order valence-electron chi connectivity index (χ4n) is 4.64. The summed E-state index contributed by atoms with van der Waals surface area (Å²) in [6.45, 7) is 2.10. The van der Waals surface area contributed by atoms with Crippen LogP contribution in [0.25, 0.3) is 11.1 Å². The minimum Gasteiger partial charge on any atom is -0.465 e. The quantitative estimate of drug-likeness (QED) is 0.613. The third-order valence-electron chi connectivity index (χ3n) is 5.69. The minimum absolute atomic E-state index is 0.0358. The van der Waals surface area contributed by atoms with E-state index in [0.717, 1.165) is 35.1 Å². The fraction of sp³-hybridized carbons (Fsp3) is 0.364. The van der Waals surface area contributed by atoms with Gasteiger partial charge in [0.25, 0.3) is 0 Å². The number of carbonyl (C=O) groups is 2. The summed E-state index contributed by atoms with van der Waals surface area (Å²) >= 11 is 0. The van der Waals surface area contributed by atoms with Gasteiger partial charge < -0.3 is 4.74 Å². The third kappa shape index (κ3) is 2.25. The van der Waals surface area contributed by atoms with Crippen molar-refractivity contribution in [2.45, 2.75) is 38.5 Å². The summed E-state index contributed by atoms with van der Waals surface area (Å²) in [5, 5.41) is 0. The third-order valence-corrected chi connectivity index (χ3v) is 5.69. The molecule has 0 heterocycles. The van der Waals surface area contributed by atoms with Gasteiger partial charge in [0.1, 0.15) is 5.41 Å². The molecule has 2 aromatic rings. The molecule has 0 saturated heterocycles. The van der Waals surface area contributed by atoms with Gasteiger partial charge in [0.15, 0.2) is 5.78 Å². The summed E-state index contributed by atoms with van der Waals surface area (Å²) in [5.41, 5.74) is 3.33. The van der Waals surface area contributed by atoms with E-state index in [9.17, 15) is 9.59 Å². The Morgan fingerprint density at radius 1 is 1.04 bits per heavy atom. The summed E-state index contributed by atoms with van der Waals surface area (Å²) < 4.78 is 5.44. The van der Waals surface area contributed by atoms with Gasteiger partial charge in [0.05, 0.1) is 6.61 Å². The lowest BCUT2D eigenvalue weighted by molar-refractivity contribution is -0.163. The Balaban J connectivity index is 1.96. The van der Waals surface area contributed by atoms with Crippen LogP contribution in [-0.4, -0.2) is 18.4 Å². The second-order valence-corrected chi connectivity index (χ2v) is 6.93. The molecule has 2 aromatic carbocycles. The summed E-state index contributed by atoms with van der Waals surface area (Å²) in [5.74, 6) is -0.559. The summed E-state index contributed by atoms with van der Waals surface area (Å²) in [4.78, 5) is 26.2. The number of benzene rings is 2. The standard InChI is InChI=1S/C22H22O3/c1-2-25-21(24)22(14-8-7-13-19(22)23)20-17-11-5-3-9-15(17)16-10-4-6-12-18(16)20/h3-6,9-12,20H,2,7-8,13-14H2,1H3. The Morgan fingerprint density at radius 2 is 1.64 bits per heavy atom. The zero-order chi connectivity index (χ0) is 17.4. The van der Waals surface area contributed by atoms with Gasteiger partial charge in [-0.25, -0.2) is 0 Å². The predicted octanol–water partition coefficient (Wildman–Crippen LogP) is 4.49. The molecule has 4 rings (SSSR count). The van der Waals surface area contributed by atoms with Crippen molar-refractivity contribution in [2.24, 2.45) is 5.41 Å². The number of carbonyl (C=O) groups excluding carboxylic acids is 2. The smallest absolute Gasteiger partial charge is 0.320 e. The van der Waals surface area contributed by atoms with Gasteiger partial charge in [-0.3, -0.25) is 9.59 Å². The molecule has 1 fully saturated rings. The summed E-state index contributed by atoms with van der Waals surface area (Å²) in [7, 11) is 0. The van der Waals surface area contributed by atoms with Crippen molar-refractivity contribution < 1.29 is 14.3 Å². The zero-order valence-electron chi connectivity index (χ0n) is 14.5. The Morgan fingerprint density at radius 3 is 2.20 bits per heavy atom. The first-order chi connectivity index (χ1) is 12.2. The van der Waals surface area contributed by atoms with Crippen LogP contribution in [0.3, 0.4) is 0 Å². The zero-order valence-corrected chi connectivity index (χ0v) is 14.5. The molecule has 2 aliphatic rings. The lowest BCUT2D eigenvalue weighted by atomic mass is 9.62. The van der Waals surface area contributed by atoms with E-state index in [4.69, 9.17) is 4.74 Å². The molecule has 128 valence electrons. The molecule has 3 heteroatoms. The Bertz CT molecular complexity index is 793. The van der Waals surface area contributed by atoms with E-state index < -0.39 is 5.41 Å². The highest BCUT2D eigenvalue weighted by Gasteiger charge is 2.56. The molecule has 0 aromatic heterocycles. The maximum absolute atomic E-state index is 13.1. The monoisotopic (exact) mass is 334 g/mol. The van der Waals surface area contributed by atoms with Crippen LogP contribution in [0.15, 0.2) is 48.5 Å². The minimum atomic E-state index is -1.09. The van der Waals surface area contributed by atoms with Crippen molar-refractivity contribution in [3.05, 3.63) is 59.7 Å². The van der Waals surface area contributed by atoms with E-state index in [1.165, 1.54) is 0 Å². The number of hydrogen-bond donors (Lipinski definition) is 0. The number of rotatable bonds is 3. The molecule has 0 spiro atoms. The van der Waals surface area contributed by atoms with Crippen molar-refractivity contribution in [2.75, 3.05) is 6.61 Å². The lowest BCUT2D eigenvalue weighted by Gasteiger charge is -2.39. The molecule has 1 atom stereocenters. The average Bonchev–Trinajstić information content (AvgIpc) is 2.98. The lowest BCUT2D eigenvalue weighted by Crippen LogP contribution is -2.47. The van der Waals surface area contributed by atoms with E-state index in [1.54, 1.807) is 6.92 Å². The van der Waals surface area contributed by atoms with Crippen LogP contribution in [-0.2, 0) is 14.3 Å². The van der Waals surface area contributed by atoms with Crippen LogP contribution < -0.4 is 0 Å². The second kappa shape index (κ2) is 6.14. The maximum Gasteiger partial charge on any atom is 0.320 e. The topological polar surface area (TPSA) is 43.4 Å². The summed E-state index contributed by atoms with van der Waals surface area (Å²) in [6, 6.07) is 16.3. The largest absolute Gasteiger partial charge is 0.465 e. The van der Waals surface area contributed by atoms with Crippen LogP contribution in [0.2, 0.25) is 0 Å². The second-order valence-electron chi connectivity index (χ2n) is 6.93. The highest BCUT2D eigenvalue weighted by Crippen LogP contribution is 2.56. The van der Waals surface area contributed by atoms with Crippen molar-refractivity contribution in [1.82, 2.24) is 0 Å². The molecule has 1 saturated carbocycles. The molecule has 0 N–H and O–H groups in total. The van der Waals surface area contributed by atoms with E-state index in [0.29, 0.717) is 19.4 Å². The van der Waals surface area contributed by atoms with Gasteiger partial charge in [0, 0.05) is 12.3 Å². The van der Waals surface area contributed by atoms with E-state index in [-0.39, 0.29) is 17.7 Å². The molecule has 1 unspecified atom stereocenters. The number of Topliss-reactive ketones (excluding diaryl/α,β-unsaturated/α-hetero) is 1. The number of fused-ring (bicyclic) bond motifs is 3. The Kier molecular flexibility index (Phi) is 3.95. The first-order valence-electron chi connectivity index (χ1n) is 9.09. The van der Waals surface area contributed by atoms with Crippen LogP contribution in [0.1, 0.15) is 49.7 Å². The molecule has 0 aliphatic heterocycles. The Hall–Kier alpha value is -2.42. The highest BCUT2D eigenvalue weighted by molar-refractivity contribution is 6.07. The van der Waals surface area contributed by atoms with E-state index in [2.05, 4.69) is 24.3 Å². The van der Waals surface area contributed by atoms with Gasteiger partial charge in [-0.2, -0.15) is 0 Å².